The van der Waals surface area contributed by atoms with Crippen LogP contribution in [0.15, 0.2) is 16.9 Å². The van der Waals surface area contributed by atoms with Crippen molar-refractivity contribution in [2.75, 3.05) is 20.8 Å². The molecule has 3 rings (SSSR count). The highest BCUT2D eigenvalue weighted by Gasteiger charge is 2.33. The fraction of sp³-hybridized carbons (Fsp3) is 0.474. The number of nitrogens with two attached hydrogens (primary N) is 1. The summed E-state index contributed by atoms with van der Waals surface area (Å²) in [6.07, 6.45) is 1.62. The van der Waals surface area contributed by atoms with Crippen molar-refractivity contribution in [3.63, 3.8) is 0 Å². The van der Waals surface area contributed by atoms with Gasteiger partial charge in [0.05, 0.1) is 20.8 Å². The van der Waals surface area contributed by atoms with Crippen molar-refractivity contribution in [1.29, 1.82) is 0 Å². The summed E-state index contributed by atoms with van der Waals surface area (Å²) in [5.41, 5.74) is 1.97. The third kappa shape index (κ3) is 3.35. The van der Waals surface area contributed by atoms with E-state index in [4.69, 9.17) is 21.7 Å². The number of hydrogen-bond donors (Lipinski definition) is 3. The Balaban J connectivity index is 2.23. The number of quaternary nitrogens is 1. The summed E-state index contributed by atoms with van der Waals surface area (Å²) in [6.45, 7) is 4.77. The van der Waals surface area contributed by atoms with E-state index in [2.05, 4.69) is 10.3 Å². The molecule has 1 aromatic carbocycles. The number of rotatable bonds is 5. The summed E-state index contributed by atoms with van der Waals surface area (Å²) >= 11 is 5.28. The summed E-state index contributed by atoms with van der Waals surface area (Å²) in [4.78, 5) is 15.5. The lowest BCUT2D eigenvalue weighted by Gasteiger charge is -2.27. The maximum absolute atomic E-state index is 12.7. The number of H-pyrrole nitrogens is 1. The molecule has 0 amide bonds. The van der Waals surface area contributed by atoms with Crippen LogP contribution in [-0.2, 0) is 6.42 Å². The second-order valence-corrected chi connectivity index (χ2v) is 7.17. The predicted molar refractivity (Wildman–Crippen MR) is 104 cm³/mol. The summed E-state index contributed by atoms with van der Waals surface area (Å²) in [5, 5.41) is 13.0. The molecular weight excluding hydrogens is 366 g/mol. The first-order chi connectivity index (χ1) is 12.9. The molecule has 0 bridgehead atoms. The number of fused-ring (bicyclic) bond motifs is 1. The largest absolute Gasteiger partial charge is 0.494 e. The van der Waals surface area contributed by atoms with Crippen molar-refractivity contribution in [3.05, 3.63) is 43.9 Å². The van der Waals surface area contributed by atoms with Gasteiger partial charge in [0.25, 0.3) is 5.56 Å². The quantitative estimate of drug-likeness (QED) is 0.675. The summed E-state index contributed by atoms with van der Waals surface area (Å²) in [7, 11) is 3.18. The summed E-state index contributed by atoms with van der Waals surface area (Å²) < 4.78 is 12.7. The molecule has 8 heteroatoms. The Bertz CT molecular complexity index is 967. The van der Waals surface area contributed by atoms with Gasteiger partial charge in [-0.3, -0.25) is 14.3 Å². The zero-order valence-electron chi connectivity index (χ0n) is 16.0. The monoisotopic (exact) mass is 392 g/mol. The number of nitrogens with zero attached hydrogens (tertiary/aromatic N) is 1. The molecule has 1 aliphatic rings. The number of nitrogens with one attached hydrogen (secondary N) is 1. The fourth-order valence-corrected chi connectivity index (χ4v) is 4.03. The third-order valence-corrected chi connectivity index (χ3v) is 5.59. The zero-order chi connectivity index (χ0) is 19.7. The maximum atomic E-state index is 12.7. The number of aromatic nitrogens is 2. The van der Waals surface area contributed by atoms with E-state index in [9.17, 15) is 9.90 Å². The van der Waals surface area contributed by atoms with Crippen LogP contribution in [0.1, 0.15) is 49.0 Å². The minimum atomic E-state index is -0.360. The molecule has 2 heterocycles. The maximum Gasteiger partial charge on any atom is 0.265 e. The molecule has 27 heavy (non-hydrogen) atoms. The molecule has 1 aliphatic heterocycles. The van der Waals surface area contributed by atoms with Gasteiger partial charge in [-0.25, -0.2) is 0 Å². The van der Waals surface area contributed by atoms with E-state index in [1.807, 2.05) is 26.0 Å². The average molecular weight is 393 g/mol. The molecule has 0 saturated heterocycles. The molecule has 0 spiro atoms. The van der Waals surface area contributed by atoms with Gasteiger partial charge in [-0.15, -0.1) is 0 Å². The van der Waals surface area contributed by atoms with Crippen molar-refractivity contribution in [2.45, 2.75) is 38.8 Å². The SMILES string of the molecule is CC[C@@H](C)n1c(O)c([C@H]2[NH2+]CCc3cc(OC)c(OC)cc32)c(=O)[nH]c1=S. The van der Waals surface area contributed by atoms with Crippen molar-refractivity contribution < 1.29 is 19.9 Å². The molecule has 1 aromatic heterocycles. The van der Waals surface area contributed by atoms with E-state index in [1.54, 1.807) is 18.8 Å². The molecule has 2 atom stereocenters. The molecule has 0 unspecified atom stereocenters. The Labute approximate surface area is 163 Å². The van der Waals surface area contributed by atoms with Crippen LogP contribution in [0.2, 0.25) is 0 Å². The number of hydrogen-bond acceptors (Lipinski definition) is 5. The van der Waals surface area contributed by atoms with Gasteiger partial charge in [-0.2, -0.15) is 0 Å². The van der Waals surface area contributed by atoms with Crippen LogP contribution in [0.5, 0.6) is 17.4 Å². The van der Waals surface area contributed by atoms with Gasteiger partial charge in [-0.1, -0.05) is 6.92 Å². The molecule has 2 aromatic rings. The Morgan fingerprint density at radius 1 is 1.37 bits per heavy atom. The fourth-order valence-electron chi connectivity index (χ4n) is 3.67. The molecule has 7 nitrogen and oxygen atoms in total. The smallest absolute Gasteiger partial charge is 0.265 e. The van der Waals surface area contributed by atoms with Crippen LogP contribution in [0.4, 0.5) is 0 Å². The Morgan fingerprint density at radius 3 is 2.67 bits per heavy atom. The molecular formula is C19H26N3O4S+. The van der Waals surface area contributed by atoms with Crippen molar-refractivity contribution >= 4 is 12.2 Å². The van der Waals surface area contributed by atoms with Crippen LogP contribution < -0.4 is 20.3 Å². The second kappa shape index (κ2) is 7.74. The standard InChI is InChI=1S/C19H25N3O4S/c1-5-10(2)22-18(24)15(17(23)21-19(22)27)16-12-9-14(26-4)13(25-3)8-11(12)6-7-20-16/h8-10,16,20,24H,5-7H2,1-4H3,(H,21,23,27)/p+1/t10-,16+/m1/s1. The lowest BCUT2D eigenvalue weighted by molar-refractivity contribution is -0.690. The van der Waals surface area contributed by atoms with Crippen LogP contribution in [-0.4, -0.2) is 35.4 Å². The molecule has 146 valence electrons. The molecule has 0 fully saturated rings. The minimum absolute atomic E-state index is 0.0263. The zero-order valence-corrected chi connectivity index (χ0v) is 16.9. The number of ether oxygens (including phenoxy) is 2. The lowest BCUT2D eigenvalue weighted by Crippen LogP contribution is -2.87. The highest BCUT2D eigenvalue weighted by atomic mass is 32.1. The molecule has 4 N–H and O–H groups in total. The summed E-state index contributed by atoms with van der Waals surface area (Å²) in [5.74, 6) is 1.19. The number of aromatic amines is 1. The van der Waals surface area contributed by atoms with Crippen molar-refractivity contribution in [1.82, 2.24) is 9.55 Å². The van der Waals surface area contributed by atoms with Crippen LogP contribution in [0.3, 0.4) is 0 Å². The van der Waals surface area contributed by atoms with E-state index in [-0.39, 0.29) is 28.3 Å². The van der Waals surface area contributed by atoms with Gasteiger partial charge in [0.1, 0.15) is 11.6 Å². The van der Waals surface area contributed by atoms with Crippen LogP contribution in [0.25, 0.3) is 0 Å². The highest BCUT2D eigenvalue weighted by molar-refractivity contribution is 7.71. The van der Waals surface area contributed by atoms with Gasteiger partial charge in [-0.05, 0) is 43.3 Å². The second-order valence-electron chi connectivity index (χ2n) is 6.78. The molecule has 0 radical (unpaired) electrons. The van der Waals surface area contributed by atoms with E-state index in [1.165, 1.54) is 0 Å². The lowest BCUT2D eigenvalue weighted by atomic mass is 9.90. The first kappa shape index (κ1) is 19.4. The highest BCUT2D eigenvalue weighted by Crippen LogP contribution is 2.36. The third-order valence-electron chi connectivity index (χ3n) is 5.29. The van der Waals surface area contributed by atoms with Gasteiger partial charge in [0.2, 0.25) is 5.88 Å². The van der Waals surface area contributed by atoms with Gasteiger partial charge >= 0.3 is 0 Å². The molecule has 0 saturated carbocycles. The normalized spacial score (nSPS) is 17.3. The van der Waals surface area contributed by atoms with Gasteiger partial charge in [0, 0.05) is 18.0 Å². The Kier molecular flexibility index (Phi) is 5.57. The van der Waals surface area contributed by atoms with E-state index in [0.717, 1.165) is 30.5 Å². The van der Waals surface area contributed by atoms with E-state index < -0.39 is 0 Å². The topological polar surface area (TPSA) is 93.1 Å². The first-order valence-corrected chi connectivity index (χ1v) is 9.49. The Hall–Kier alpha value is -2.32. The minimum Gasteiger partial charge on any atom is -0.494 e. The van der Waals surface area contributed by atoms with Crippen molar-refractivity contribution in [3.8, 4) is 17.4 Å². The first-order valence-electron chi connectivity index (χ1n) is 9.08. The van der Waals surface area contributed by atoms with Crippen molar-refractivity contribution in [2.24, 2.45) is 0 Å². The van der Waals surface area contributed by atoms with Crippen LogP contribution in [0, 0.1) is 4.77 Å². The summed E-state index contributed by atoms with van der Waals surface area (Å²) in [6, 6.07) is 3.47. The predicted octanol–water partition coefficient (Wildman–Crippen LogP) is 1.81. The molecule has 0 aliphatic carbocycles. The number of aromatic hydroxyl groups is 1. The average Bonchev–Trinajstić information content (AvgIpc) is 2.66. The Morgan fingerprint density at radius 2 is 2.04 bits per heavy atom. The van der Waals surface area contributed by atoms with Gasteiger partial charge in [0.15, 0.2) is 16.3 Å². The number of benzene rings is 1. The number of methoxy groups -OCH3 is 2. The van der Waals surface area contributed by atoms with E-state index >= 15 is 0 Å². The van der Waals surface area contributed by atoms with Gasteiger partial charge < -0.3 is 19.9 Å². The van der Waals surface area contributed by atoms with Crippen LogP contribution >= 0.6 is 12.2 Å². The van der Waals surface area contributed by atoms with E-state index in [0.29, 0.717) is 17.1 Å².